The lowest BCUT2D eigenvalue weighted by Crippen LogP contribution is -2.46. The van der Waals surface area contributed by atoms with Crippen molar-refractivity contribution in [3.63, 3.8) is 0 Å². The molecule has 2 unspecified atom stereocenters. The van der Waals surface area contributed by atoms with Gasteiger partial charge in [0.1, 0.15) is 0 Å². The predicted octanol–water partition coefficient (Wildman–Crippen LogP) is 0.901. The van der Waals surface area contributed by atoms with E-state index in [0.717, 1.165) is 12.8 Å². The van der Waals surface area contributed by atoms with Crippen LogP contribution in [0.4, 0.5) is 0 Å². The number of ether oxygens (including phenoxy) is 1. The molecule has 2 N–H and O–H groups in total. The molecule has 0 spiro atoms. The van der Waals surface area contributed by atoms with E-state index in [0.29, 0.717) is 18.2 Å². The molecule has 1 saturated carbocycles. The summed E-state index contributed by atoms with van der Waals surface area (Å²) in [5.41, 5.74) is 5.65. The summed E-state index contributed by atoms with van der Waals surface area (Å²) in [5.74, 6) is 0. The van der Waals surface area contributed by atoms with Gasteiger partial charge < -0.3 is 10.5 Å². The Labute approximate surface area is 56.4 Å². The lowest BCUT2D eigenvalue weighted by atomic mass is 9.90. The van der Waals surface area contributed by atoms with Gasteiger partial charge in [-0.1, -0.05) is 0 Å². The minimum atomic E-state index is 0.312. The van der Waals surface area contributed by atoms with Crippen LogP contribution in [0.1, 0.15) is 26.7 Å². The molecule has 0 heterocycles. The largest absolute Gasteiger partial charge is 0.374 e. The normalized spacial score (nSPS) is 34.7. The first-order chi connectivity index (χ1) is 4.20. The van der Waals surface area contributed by atoms with Crippen molar-refractivity contribution in [3.8, 4) is 0 Å². The van der Waals surface area contributed by atoms with Gasteiger partial charge in [0.05, 0.1) is 12.2 Å². The molecule has 9 heavy (non-hydrogen) atoms. The topological polar surface area (TPSA) is 35.2 Å². The van der Waals surface area contributed by atoms with Crippen LogP contribution in [0.3, 0.4) is 0 Å². The van der Waals surface area contributed by atoms with Gasteiger partial charge in [-0.3, -0.25) is 0 Å². The standard InChI is InChI=1S/C7H15NO/c1-5(2)9-7-4-3-6(7)8/h5-7H,3-4,8H2,1-2H3. The molecule has 1 aliphatic carbocycles. The fourth-order valence-electron chi connectivity index (χ4n) is 1.01. The third-order valence-corrected chi connectivity index (χ3v) is 1.71. The molecule has 2 heteroatoms. The molecule has 0 bridgehead atoms. The van der Waals surface area contributed by atoms with Crippen LogP contribution in [0.15, 0.2) is 0 Å². The molecular weight excluding hydrogens is 114 g/mol. The Balaban J connectivity index is 2.13. The summed E-state index contributed by atoms with van der Waals surface area (Å²) >= 11 is 0. The molecule has 0 radical (unpaired) electrons. The third-order valence-electron chi connectivity index (χ3n) is 1.71. The number of hydrogen-bond acceptors (Lipinski definition) is 2. The zero-order valence-electron chi connectivity index (χ0n) is 6.13. The Morgan fingerprint density at radius 1 is 1.44 bits per heavy atom. The summed E-state index contributed by atoms with van der Waals surface area (Å²) in [6, 6.07) is 0.312. The van der Waals surface area contributed by atoms with Crippen LogP contribution in [0, 0.1) is 0 Å². The molecule has 54 valence electrons. The predicted molar refractivity (Wildman–Crippen MR) is 37.2 cm³/mol. The Morgan fingerprint density at radius 3 is 2.22 bits per heavy atom. The maximum absolute atomic E-state index is 5.65. The van der Waals surface area contributed by atoms with E-state index in [-0.39, 0.29) is 0 Å². The molecule has 1 aliphatic rings. The number of hydrogen-bond donors (Lipinski definition) is 1. The first-order valence-corrected chi connectivity index (χ1v) is 3.61. The Bertz CT molecular complexity index is 92.9. The molecule has 2 nitrogen and oxygen atoms in total. The van der Waals surface area contributed by atoms with E-state index < -0.39 is 0 Å². The third kappa shape index (κ3) is 1.66. The van der Waals surface area contributed by atoms with E-state index in [2.05, 4.69) is 0 Å². The molecule has 1 fully saturated rings. The van der Waals surface area contributed by atoms with Crippen molar-refractivity contribution in [3.05, 3.63) is 0 Å². The van der Waals surface area contributed by atoms with Gasteiger partial charge in [-0.2, -0.15) is 0 Å². The first kappa shape index (κ1) is 7.03. The lowest BCUT2D eigenvalue weighted by molar-refractivity contribution is -0.0485. The van der Waals surface area contributed by atoms with E-state index >= 15 is 0 Å². The minimum Gasteiger partial charge on any atom is -0.374 e. The summed E-state index contributed by atoms with van der Waals surface area (Å²) in [5, 5.41) is 0. The monoisotopic (exact) mass is 129 g/mol. The van der Waals surface area contributed by atoms with Crippen molar-refractivity contribution in [1.82, 2.24) is 0 Å². The van der Waals surface area contributed by atoms with Gasteiger partial charge in [0.2, 0.25) is 0 Å². The van der Waals surface area contributed by atoms with Crippen LogP contribution in [0.5, 0.6) is 0 Å². The highest BCUT2D eigenvalue weighted by atomic mass is 16.5. The fourth-order valence-corrected chi connectivity index (χ4v) is 1.01. The maximum atomic E-state index is 5.65. The number of nitrogens with two attached hydrogens (primary N) is 1. The number of rotatable bonds is 2. The van der Waals surface area contributed by atoms with E-state index in [1.54, 1.807) is 0 Å². The van der Waals surface area contributed by atoms with E-state index in [1.807, 2.05) is 13.8 Å². The minimum absolute atomic E-state index is 0.312. The van der Waals surface area contributed by atoms with E-state index in [9.17, 15) is 0 Å². The molecule has 0 aromatic rings. The van der Waals surface area contributed by atoms with Crippen molar-refractivity contribution >= 4 is 0 Å². The second kappa shape index (κ2) is 2.67. The van der Waals surface area contributed by atoms with Crippen LogP contribution in [-0.2, 0) is 4.74 Å². The van der Waals surface area contributed by atoms with Crippen LogP contribution in [0.2, 0.25) is 0 Å². The molecule has 0 aromatic carbocycles. The summed E-state index contributed by atoms with van der Waals surface area (Å²) in [6.07, 6.45) is 2.97. The van der Waals surface area contributed by atoms with Crippen LogP contribution in [-0.4, -0.2) is 18.2 Å². The zero-order valence-corrected chi connectivity index (χ0v) is 6.13. The fraction of sp³-hybridized carbons (Fsp3) is 1.00. The van der Waals surface area contributed by atoms with Crippen LogP contribution in [0.25, 0.3) is 0 Å². The van der Waals surface area contributed by atoms with E-state index in [1.165, 1.54) is 0 Å². The van der Waals surface area contributed by atoms with Crippen molar-refractivity contribution in [2.24, 2.45) is 5.73 Å². The SMILES string of the molecule is CC(C)OC1CCC1N. The molecular formula is C7H15NO. The molecule has 0 aromatic heterocycles. The van der Waals surface area contributed by atoms with Gasteiger partial charge >= 0.3 is 0 Å². The Hall–Kier alpha value is -0.0800. The molecule has 0 amide bonds. The lowest BCUT2D eigenvalue weighted by Gasteiger charge is -2.34. The van der Waals surface area contributed by atoms with Gasteiger partial charge in [0, 0.05) is 6.04 Å². The highest BCUT2D eigenvalue weighted by Crippen LogP contribution is 2.22. The molecule has 0 saturated heterocycles. The first-order valence-electron chi connectivity index (χ1n) is 3.61. The van der Waals surface area contributed by atoms with Crippen LogP contribution >= 0.6 is 0 Å². The summed E-state index contributed by atoms with van der Waals surface area (Å²) in [6.45, 7) is 4.09. The van der Waals surface area contributed by atoms with Gasteiger partial charge in [-0.15, -0.1) is 0 Å². The quantitative estimate of drug-likeness (QED) is 0.601. The molecule has 0 aliphatic heterocycles. The van der Waals surface area contributed by atoms with Crippen molar-refractivity contribution < 1.29 is 4.74 Å². The maximum Gasteiger partial charge on any atom is 0.0730 e. The summed E-state index contributed by atoms with van der Waals surface area (Å²) < 4.78 is 5.47. The van der Waals surface area contributed by atoms with Gasteiger partial charge in [0.25, 0.3) is 0 Å². The van der Waals surface area contributed by atoms with Gasteiger partial charge in [-0.25, -0.2) is 0 Å². The van der Waals surface area contributed by atoms with Gasteiger partial charge in [-0.05, 0) is 26.7 Å². The van der Waals surface area contributed by atoms with Crippen molar-refractivity contribution in [1.29, 1.82) is 0 Å². The second-order valence-electron chi connectivity index (χ2n) is 2.96. The average molecular weight is 129 g/mol. The molecule has 1 rings (SSSR count). The summed E-state index contributed by atoms with van der Waals surface area (Å²) in [4.78, 5) is 0. The van der Waals surface area contributed by atoms with Gasteiger partial charge in [0.15, 0.2) is 0 Å². The van der Waals surface area contributed by atoms with Crippen molar-refractivity contribution in [2.45, 2.75) is 44.9 Å². The Kier molecular flexibility index (Phi) is 2.09. The smallest absolute Gasteiger partial charge is 0.0730 e. The highest BCUT2D eigenvalue weighted by molar-refractivity contribution is 4.84. The zero-order chi connectivity index (χ0) is 6.85. The molecule has 2 atom stereocenters. The Morgan fingerprint density at radius 2 is 2.11 bits per heavy atom. The van der Waals surface area contributed by atoms with Crippen molar-refractivity contribution in [2.75, 3.05) is 0 Å². The van der Waals surface area contributed by atoms with E-state index in [4.69, 9.17) is 10.5 Å². The summed E-state index contributed by atoms with van der Waals surface area (Å²) in [7, 11) is 0. The average Bonchev–Trinajstić information content (AvgIpc) is 1.79. The van der Waals surface area contributed by atoms with Crippen LogP contribution < -0.4 is 5.73 Å². The second-order valence-corrected chi connectivity index (χ2v) is 2.96. The highest BCUT2D eigenvalue weighted by Gasteiger charge is 2.28.